The summed E-state index contributed by atoms with van der Waals surface area (Å²) < 4.78 is 1.35. The van der Waals surface area contributed by atoms with Gasteiger partial charge < -0.3 is 0 Å². The van der Waals surface area contributed by atoms with Crippen LogP contribution >= 0.6 is 11.6 Å². The number of rotatable bonds is 0. The number of hydrogen-bond donors (Lipinski definition) is 0. The zero-order valence-electron chi connectivity index (χ0n) is 4.77. The molecule has 2 heterocycles. The lowest BCUT2D eigenvalue weighted by molar-refractivity contribution is 0.891. The summed E-state index contributed by atoms with van der Waals surface area (Å²) in [6.45, 7) is 0. The van der Waals surface area contributed by atoms with E-state index in [4.69, 9.17) is 11.6 Å². The second kappa shape index (κ2) is 1.88. The van der Waals surface area contributed by atoms with Gasteiger partial charge in [-0.3, -0.25) is 0 Å². The molecule has 0 amide bonds. The number of aromatic nitrogens is 5. The van der Waals surface area contributed by atoms with E-state index in [1.54, 1.807) is 0 Å². The average Bonchev–Trinajstić information content (AvgIpc) is 2.36. The van der Waals surface area contributed by atoms with Crippen molar-refractivity contribution < 1.29 is 0 Å². The van der Waals surface area contributed by atoms with Crippen molar-refractivity contribution in [2.24, 2.45) is 0 Å². The Morgan fingerprint density at radius 2 is 2.00 bits per heavy atom. The molecule has 0 aromatic carbocycles. The minimum atomic E-state index is 0.266. The van der Waals surface area contributed by atoms with Crippen molar-refractivity contribution in [3.05, 3.63) is 17.9 Å². The third kappa shape index (κ3) is 0.640. The summed E-state index contributed by atoms with van der Waals surface area (Å²) in [6.07, 6.45) is 2.71. The minimum absolute atomic E-state index is 0.266. The summed E-state index contributed by atoms with van der Waals surface area (Å²) in [4.78, 5) is 11.3. The first-order chi connectivity index (χ1) is 4.88. The number of nitrogens with zero attached hydrogens (tertiary/aromatic N) is 5. The second-order valence-electron chi connectivity index (χ2n) is 1.61. The molecule has 0 aliphatic rings. The highest BCUT2D eigenvalue weighted by Gasteiger charge is 1.98. The Labute approximate surface area is 60.7 Å². The van der Waals surface area contributed by atoms with Crippen LogP contribution in [0.5, 0.6) is 0 Å². The van der Waals surface area contributed by atoms with Gasteiger partial charge in [-0.2, -0.15) is 19.6 Å². The van der Waals surface area contributed by atoms with Crippen LogP contribution in [0.15, 0.2) is 12.7 Å². The Hall–Kier alpha value is -1.23. The molecule has 0 saturated heterocycles. The molecule has 0 saturated carbocycles. The summed E-state index contributed by atoms with van der Waals surface area (Å²) in [6, 6.07) is 0. The number of fused-ring (bicyclic) bond motifs is 1. The van der Waals surface area contributed by atoms with Crippen molar-refractivity contribution in [2.75, 3.05) is 0 Å². The first-order valence-corrected chi connectivity index (χ1v) is 2.92. The summed E-state index contributed by atoms with van der Waals surface area (Å²) >= 11 is 5.61. The minimum Gasteiger partial charge on any atom is -0.206 e. The molecule has 0 radical (unpaired) electrons. The lowest BCUT2D eigenvalue weighted by atomic mass is 11.0. The Morgan fingerprint density at radius 3 is 2.80 bits per heavy atom. The van der Waals surface area contributed by atoms with Crippen LogP contribution in [0.2, 0.25) is 5.28 Å². The Balaban J connectivity index is 2.95. The van der Waals surface area contributed by atoms with Gasteiger partial charge in [0.15, 0.2) is 0 Å². The molecule has 50 valence electrons. The van der Waals surface area contributed by atoms with E-state index in [2.05, 4.69) is 20.1 Å². The van der Waals surface area contributed by atoms with Gasteiger partial charge in [-0.25, -0.2) is 4.98 Å². The van der Waals surface area contributed by atoms with E-state index < -0.39 is 0 Å². The topological polar surface area (TPSA) is 56.0 Å². The molecular formula is C4H2ClN5. The molecule has 0 atom stereocenters. The second-order valence-corrected chi connectivity index (χ2v) is 1.95. The average molecular weight is 156 g/mol. The summed E-state index contributed by atoms with van der Waals surface area (Å²) in [7, 11) is 0. The quantitative estimate of drug-likeness (QED) is 0.544. The van der Waals surface area contributed by atoms with Crippen molar-refractivity contribution in [2.45, 2.75) is 0 Å². The van der Waals surface area contributed by atoms with Crippen molar-refractivity contribution in [1.29, 1.82) is 0 Å². The van der Waals surface area contributed by atoms with Gasteiger partial charge in [0.05, 0.1) is 0 Å². The maximum Gasteiger partial charge on any atom is 0.256 e. The van der Waals surface area contributed by atoms with Gasteiger partial charge in [0.2, 0.25) is 5.28 Å². The Morgan fingerprint density at radius 1 is 1.20 bits per heavy atom. The molecular weight excluding hydrogens is 154 g/mol. The fourth-order valence-corrected chi connectivity index (χ4v) is 0.799. The highest BCUT2D eigenvalue weighted by atomic mass is 35.5. The van der Waals surface area contributed by atoms with Gasteiger partial charge in [-0.15, -0.1) is 0 Å². The standard InChI is InChI=1S/C4H2ClN5/c5-3-6-1-7-4-8-2-9-10(3)4/h1-2H. The van der Waals surface area contributed by atoms with Crippen LogP contribution in [-0.4, -0.2) is 24.6 Å². The SMILES string of the molecule is Clc1ncnc2ncnn12. The lowest BCUT2D eigenvalue weighted by Crippen LogP contribution is -1.93. The van der Waals surface area contributed by atoms with Gasteiger partial charge in [0.25, 0.3) is 5.78 Å². The van der Waals surface area contributed by atoms with Gasteiger partial charge in [0.1, 0.15) is 12.7 Å². The maximum atomic E-state index is 5.61. The molecule has 0 aliphatic carbocycles. The highest BCUT2D eigenvalue weighted by molar-refractivity contribution is 6.28. The molecule has 0 bridgehead atoms. The van der Waals surface area contributed by atoms with E-state index in [1.807, 2.05) is 0 Å². The van der Waals surface area contributed by atoms with E-state index in [0.29, 0.717) is 5.78 Å². The van der Waals surface area contributed by atoms with Gasteiger partial charge in [-0.1, -0.05) is 0 Å². The van der Waals surface area contributed by atoms with Crippen LogP contribution in [0.3, 0.4) is 0 Å². The Bertz CT molecular complexity index is 355. The fourth-order valence-electron chi connectivity index (χ4n) is 0.636. The predicted molar refractivity (Wildman–Crippen MR) is 33.6 cm³/mol. The zero-order valence-corrected chi connectivity index (χ0v) is 5.52. The summed E-state index contributed by atoms with van der Waals surface area (Å²) in [5, 5.41) is 4.03. The van der Waals surface area contributed by atoms with Crippen molar-refractivity contribution in [3.8, 4) is 0 Å². The van der Waals surface area contributed by atoms with Crippen LogP contribution in [0.25, 0.3) is 5.78 Å². The van der Waals surface area contributed by atoms with Crippen molar-refractivity contribution in [3.63, 3.8) is 0 Å². The monoisotopic (exact) mass is 155 g/mol. The number of halogens is 1. The zero-order chi connectivity index (χ0) is 6.97. The molecule has 0 spiro atoms. The van der Waals surface area contributed by atoms with E-state index in [0.717, 1.165) is 0 Å². The van der Waals surface area contributed by atoms with Gasteiger partial charge in [-0.05, 0) is 11.6 Å². The van der Waals surface area contributed by atoms with Crippen molar-refractivity contribution in [1.82, 2.24) is 24.6 Å². The van der Waals surface area contributed by atoms with Crippen LogP contribution in [0, 0.1) is 0 Å². The molecule has 0 aliphatic heterocycles. The predicted octanol–water partition coefficient (Wildman–Crippen LogP) is 0.173. The molecule has 0 fully saturated rings. The summed E-state index contributed by atoms with van der Waals surface area (Å²) in [5.74, 6) is 0.458. The molecule has 2 aromatic heterocycles. The van der Waals surface area contributed by atoms with E-state index in [1.165, 1.54) is 17.2 Å². The largest absolute Gasteiger partial charge is 0.256 e. The summed E-state index contributed by atoms with van der Waals surface area (Å²) in [5.41, 5.74) is 0. The van der Waals surface area contributed by atoms with E-state index in [-0.39, 0.29) is 5.28 Å². The molecule has 2 rings (SSSR count). The molecule has 2 aromatic rings. The third-order valence-electron chi connectivity index (χ3n) is 1.04. The maximum absolute atomic E-state index is 5.61. The molecule has 6 heteroatoms. The highest BCUT2D eigenvalue weighted by Crippen LogP contribution is 2.01. The van der Waals surface area contributed by atoms with Crippen LogP contribution in [0.1, 0.15) is 0 Å². The van der Waals surface area contributed by atoms with E-state index in [9.17, 15) is 0 Å². The smallest absolute Gasteiger partial charge is 0.206 e. The van der Waals surface area contributed by atoms with Crippen LogP contribution in [-0.2, 0) is 0 Å². The van der Waals surface area contributed by atoms with Gasteiger partial charge >= 0.3 is 0 Å². The fraction of sp³-hybridized carbons (Fsp3) is 0. The van der Waals surface area contributed by atoms with Crippen molar-refractivity contribution >= 4 is 17.4 Å². The van der Waals surface area contributed by atoms with Crippen LogP contribution < -0.4 is 0 Å². The van der Waals surface area contributed by atoms with Gasteiger partial charge in [0, 0.05) is 0 Å². The lowest BCUT2D eigenvalue weighted by Gasteiger charge is -1.89. The normalized spacial score (nSPS) is 10.5. The molecule has 5 nitrogen and oxygen atoms in total. The van der Waals surface area contributed by atoms with Crippen LogP contribution in [0.4, 0.5) is 0 Å². The molecule has 0 N–H and O–H groups in total. The first-order valence-electron chi connectivity index (χ1n) is 2.54. The number of hydrogen-bond acceptors (Lipinski definition) is 4. The Kier molecular flexibility index (Phi) is 1.04. The molecule has 10 heavy (non-hydrogen) atoms. The van der Waals surface area contributed by atoms with E-state index >= 15 is 0 Å². The third-order valence-corrected chi connectivity index (χ3v) is 1.30. The first kappa shape index (κ1) is 5.55. The molecule has 0 unspecified atom stereocenters.